The van der Waals surface area contributed by atoms with Crippen LogP contribution in [0.3, 0.4) is 0 Å². The maximum absolute atomic E-state index is 12.1. The minimum atomic E-state index is -0.347. The van der Waals surface area contributed by atoms with Crippen molar-refractivity contribution >= 4 is 5.91 Å². The summed E-state index contributed by atoms with van der Waals surface area (Å²) in [6.07, 6.45) is 1.03. The highest BCUT2D eigenvalue weighted by Gasteiger charge is 2.24. The van der Waals surface area contributed by atoms with Crippen LogP contribution in [-0.4, -0.2) is 18.5 Å². The first-order chi connectivity index (χ1) is 8.47. The van der Waals surface area contributed by atoms with Crippen molar-refractivity contribution in [1.29, 1.82) is 0 Å². The summed E-state index contributed by atoms with van der Waals surface area (Å²) >= 11 is 0. The number of nitrogens with one attached hydrogen (secondary N) is 2. The van der Waals surface area contributed by atoms with Crippen LogP contribution >= 0.6 is 0 Å². The van der Waals surface area contributed by atoms with Crippen molar-refractivity contribution in [2.75, 3.05) is 6.54 Å². The van der Waals surface area contributed by atoms with Gasteiger partial charge in [0.15, 0.2) is 0 Å². The van der Waals surface area contributed by atoms with Crippen molar-refractivity contribution in [1.82, 2.24) is 10.6 Å². The van der Waals surface area contributed by atoms with Gasteiger partial charge in [0.2, 0.25) is 5.91 Å². The van der Waals surface area contributed by atoms with E-state index in [4.69, 9.17) is 0 Å². The van der Waals surface area contributed by atoms with E-state index in [9.17, 15) is 4.79 Å². The molecule has 2 N–H and O–H groups in total. The molecule has 1 aromatic carbocycles. The molecule has 0 aliphatic carbocycles. The SMILES string of the molecule is CCCNC(C)C(=O)NC(C)(C)c1ccccc1. The van der Waals surface area contributed by atoms with Crippen molar-refractivity contribution in [3.05, 3.63) is 35.9 Å². The van der Waals surface area contributed by atoms with Gasteiger partial charge in [-0.15, -0.1) is 0 Å². The van der Waals surface area contributed by atoms with Crippen molar-refractivity contribution < 1.29 is 4.79 Å². The summed E-state index contributed by atoms with van der Waals surface area (Å²) in [6.45, 7) is 8.89. The summed E-state index contributed by atoms with van der Waals surface area (Å²) in [4.78, 5) is 12.1. The largest absolute Gasteiger partial charge is 0.346 e. The minimum Gasteiger partial charge on any atom is -0.346 e. The lowest BCUT2D eigenvalue weighted by molar-refractivity contribution is -0.124. The molecule has 0 bridgehead atoms. The molecule has 100 valence electrons. The Hall–Kier alpha value is -1.35. The maximum Gasteiger partial charge on any atom is 0.237 e. The fraction of sp³-hybridized carbons (Fsp3) is 0.533. The van der Waals surface area contributed by atoms with Crippen LogP contribution in [0, 0.1) is 0 Å². The van der Waals surface area contributed by atoms with Gasteiger partial charge in [0.25, 0.3) is 0 Å². The maximum atomic E-state index is 12.1. The average Bonchev–Trinajstić information content (AvgIpc) is 2.36. The molecule has 1 unspecified atom stereocenters. The number of carbonyl (C=O) groups is 1. The lowest BCUT2D eigenvalue weighted by atomic mass is 9.94. The van der Waals surface area contributed by atoms with Gasteiger partial charge < -0.3 is 10.6 Å². The summed E-state index contributed by atoms with van der Waals surface area (Å²) in [5.41, 5.74) is 0.765. The highest BCUT2D eigenvalue weighted by Crippen LogP contribution is 2.19. The predicted octanol–water partition coefficient (Wildman–Crippen LogP) is 2.43. The molecule has 1 rings (SSSR count). The van der Waals surface area contributed by atoms with Gasteiger partial charge >= 0.3 is 0 Å². The second-order valence-electron chi connectivity index (χ2n) is 5.16. The minimum absolute atomic E-state index is 0.0392. The molecule has 0 aliphatic rings. The Balaban J connectivity index is 2.63. The highest BCUT2D eigenvalue weighted by molar-refractivity contribution is 5.82. The fourth-order valence-corrected chi connectivity index (χ4v) is 1.80. The molecular formula is C15H24N2O. The zero-order valence-electron chi connectivity index (χ0n) is 11.8. The van der Waals surface area contributed by atoms with Crippen LogP contribution < -0.4 is 10.6 Å². The quantitative estimate of drug-likeness (QED) is 0.812. The molecule has 0 heterocycles. The first-order valence-corrected chi connectivity index (χ1v) is 6.58. The van der Waals surface area contributed by atoms with E-state index in [1.807, 2.05) is 51.1 Å². The molecule has 0 fully saturated rings. The summed E-state index contributed by atoms with van der Waals surface area (Å²) in [5.74, 6) is 0.0392. The Morgan fingerprint density at radius 1 is 1.28 bits per heavy atom. The van der Waals surface area contributed by atoms with Crippen LogP contribution in [0.2, 0.25) is 0 Å². The van der Waals surface area contributed by atoms with E-state index in [0.29, 0.717) is 0 Å². The zero-order valence-corrected chi connectivity index (χ0v) is 11.8. The fourth-order valence-electron chi connectivity index (χ4n) is 1.80. The Morgan fingerprint density at radius 3 is 2.44 bits per heavy atom. The lowest BCUT2D eigenvalue weighted by Gasteiger charge is -2.28. The number of benzene rings is 1. The van der Waals surface area contributed by atoms with E-state index >= 15 is 0 Å². The van der Waals surface area contributed by atoms with Gasteiger partial charge in [0.1, 0.15) is 0 Å². The summed E-state index contributed by atoms with van der Waals surface area (Å²) in [6, 6.07) is 9.86. The standard InChI is InChI=1S/C15H24N2O/c1-5-11-16-12(2)14(18)17-15(3,4)13-9-7-6-8-10-13/h6-10,12,16H,5,11H2,1-4H3,(H,17,18). The van der Waals surface area contributed by atoms with Crippen molar-refractivity contribution in [3.8, 4) is 0 Å². The molecule has 3 nitrogen and oxygen atoms in total. The first-order valence-electron chi connectivity index (χ1n) is 6.58. The number of hydrogen-bond donors (Lipinski definition) is 2. The van der Waals surface area contributed by atoms with Crippen LogP contribution in [-0.2, 0) is 10.3 Å². The smallest absolute Gasteiger partial charge is 0.237 e. The molecule has 0 saturated carbocycles. The van der Waals surface area contributed by atoms with Crippen molar-refractivity contribution in [3.63, 3.8) is 0 Å². The van der Waals surface area contributed by atoms with Crippen molar-refractivity contribution in [2.24, 2.45) is 0 Å². The lowest BCUT2D eigenvalue weighted by Crippen LogP contribution is -2.49. The molecular weight excluding hydrogens is 224 g/mol. The van der Waals surface area contributed by atoms with Gasteiger partial charge in [-0.3, -0.25) is 4.79 Å². The average molecular weight is 248 g/mol. The second kappa shape index (κ2) is 6.55. The van der Waals surface area contributed by atoms with Gasteiger partial charge in [-0.05, 0) is 39.3 Å². The molecule has 3 heteroatoms. The zero-order chi connectivity index (χ0) is 13.6. The monoisotopic (exact) mass is 248 g/mol. The predicted molar refractivity (Wildman–Crippen MR) is 75.4 cm³/mol. The number of rotatable bonds is 6. The second-order valence-corrected chi connectivity index (χ2v) is 5.16. The molecule has 0 saturated heterocycles. The molecule has 1 atom stereocenters. The van der Waals surface area contributed by atoms with Crippen molar-refractivity contribution in [2.45, 2.75) is 45.7 Å². The van der Waals surface area contributed by atoms with Crippen LogP contribution in [0.5, 0.6) is 0 Å². The van der Waals surface area contributed by atoms with Crippen LogP contribution in [0.1, 0.15) is 39.7 Å². The Kier molecular flexibility index (Phi) is 5.35. The van der Waals surface area contributed by atoms with E-state index in [2.05, 4.69) is 17.6 Å². The first kappa shape index (κ1) is 14.7. The van der Waals surface area contributed by atoms with Crippen LogP contribution in [0.25, 0.3) is 0 Å². The Bertz CT molecular complexity index is 373. The third-order valence-corrected chi connectivity index (χ3v) is 3.02. The van der Waals surface area contributed by atoms with Gasteiger partial charge in [-0.1, -0.05) is 37.3 Å². The van der Waals surface area contributed by atoms with E-state index in [1.54, 1.807) is 0 Å². The van der Waals surface area contributed by atoms with Crippen LogP contribution in [0.4, 0.5) is 0 Å². The highest BCUT2D eigenvalue weighted by atomic mass is 16.2. The molecule has 0 spiro atoms. The number of carbonyl (C=O) groups excluding carboxylic acids is 1. The van der Waals surface area contributed by atoms with E-state index < -0.39 is 0 Å². The van der Waals surface area contributed by atoms with Gasteiger partial charge in [0.05, 0.1) is 11.6 Å². The molecule has 18 heavy (non-hydrogen) atoms. The van der Waals surface area contributed by atoms with Gasteiger partial charge in [-0.25, -0.2) is 0 Å². The third kappa shape index (κ3) is 4.15. The number of amides is 1. The van der Waals surface area contributed by atoms with Gasteiger partial charge in [0, 0.05) is 0 Å². The number of hydrogen-bond acceptors (Lipinski definition) is 2. The third-order valence-electron chi connectivity index (χ3n) is 3.02. The van der Waals surface area contributed by atoms with Gasteiger partial charge in [-0.2, -0.15) is 0 Å². The summed E-state index contributed by atoms with van der Waals surface area (Å²) < 4.78 is 0. The van der Waals surface area contributed by atoms with Crippen LogP contribution in [0.15, 0.2) is 30.3 Å². The molecule has 0 aromatic heterocycles. The van der Waals surface area contributed by atoms with E-state index in [-0.39, 0.29) is 17.5 Å². The molecule has 0 radical (unpaired) electrons. The topological polar surface area (TPSA) is 41.1 Å². The van der Waals surface area contributed by atoms with E-state index in [1.165, 1.54) is 0 Å². The normalized spacial score (nSPS) is 13.1. The molecule has 0 aliphatic heterocycles. The summed E-state index contributed by atoms with van der Waals surface area (Å²) in [5, 5.41) is 6.27. The summed E-state index contributed by atoms with van der Waals surface area (Å²) in [7, 11) is 0. The molecule has 1 aromatic rings. The Labute approximate surface area is 110 Å². The Morgan fingerprint density at radius 2 is 1.89 bits per heavy atom. The molecule has 1 amide bonds. The van der Waals surface area contributed by atoms with E-state index in [0.717, 1.165) is 18.5 Å².